The maximum absolute atomic E-state index is 13.2. The lowest BCUT2D eigenvalue weighted by atomic mass is 9.96. The van der Waals surface area contributed by atoms with Gasteiger partial charge in [0.15, 0.2) is 0 Å². The maximum atomic E-state index is 13.2. The minimum atomic E-state index is -1.07. The fourth-order valence-corrected chi connectivity index (χ4v) is 3.46. The van der Waals surface area contributed by atoms with Gasteiger partial charge < -0.3 is 9.47 Å². The van der Waals surface area contributed by atoms with Gasteiger partial charge in [-0.1, -0.05) is 42.5 Å². The van der Waals surface area contributed by atoms with Gasteiger partial charge in [-0.15, -0.1) is 0 Å². The van der Waals surface area contributed by atoms with Crippen LogP contribution in [0.15, 0.2) is 54.6 Å². The molecule has 7 heteroatoms. The van der Waals surface area contributed by atoms with Crippen LogP contribution in [0, 0.1) is 11.7 Å². The number of esters is 1. The van der Waals surface area contributed by atoms with Crippen LogP contribution in [0.25, 0.3) is 0 Å². The van der Waals surface area contributed by atoms with Crippen LogP contribution >= 0.6 is 0 Å². The summed E-state index contributed by atoms with van der Waals surface area (Å²) < 4.78 is 24.0. The van der Waals surface area contributed by atoms with Crippen molar-refractivity contribution in [1.82, 2.24) is 4.90 Å². The lowest BCUT2D eigenvalue weighted by molar-refractivity contribution is -0.152. The number of carbonyl (C=O) groups excluding carboxylic acids is 3. The molecule has 0 unspecified atom stereocenters. The van der Waals surface area contributed by atoms with Crippen molar-refractivity contribution in [1.29, 1.82) is 0 Å². The zero-order valence-electron chi connectivity index (χ0n) is 17.8. The standard InChI is InChI=1S/C24H26FNO5/c1-24(2,3)31-23(29)26-20(22(28)30-15-17-7-5-4-6-8-17)14-18(21(26)27)13-16-9-11-19(25)12-10-16/h4-12,18,20H,13-15H2,1-3H3/t18-,20+/m0/s1. The van der Waals surface area contributed by atoms with E-state index in [9.17, 15) is 18.8 Å². The second-order valence-corrected chi connectivity index (χ2v) is 8.56. The summed E-state index contributed by atoms with van der Waals surface area (Å²) in [6.45, 7) is 5.09. The van der Waals surface area contributed by atoms with Gasteiger partial charge in [0.1, 0.15) is 24.1 Å². The molecule has 3 rings (SSSR count). The van der Waals surface area contributed by atoms with E-state index >= 15 is 0 Å². The normalized spacial score (nSPS) is 18.7. The first-order valence-electron chi connectivity index (χ1n) is 10.1. The predicted octanol–water partition coefficient (Wildman–Crippen LogP) is 4.26. The summed E-state index contributed by atoms with van der Waals surface area (Å²) >= 11 is 0. The molecule has 0 radical (unpaired) electrons. The van der Waals surface area contributed by atoms with Crippen LogP contribution in [0.1, 0.15) is 38.3 Å². The van der Waals surface area contributed by atoms with Gasteiger partial charge in [-0.25, -0.2) is 18.9 Å². The number of rotatable bonds is 5. The molecule has 1 saturated heterocycles. The summed E-state index contributed by atoms with van der Waals surface area (Å²) in [5.74, 6) is -2.16. The molecule has 164 valence electrons. The molecule has 0 N–H and O–H groups in total. The second-order valence-electron chi connectivity index (χ2n) is 8.56. The lowest BCUT2D eigenvalue weighted by Crippen LogP contribution is -2.46. The van der Waals surface area contributed by atoms with Crippen LogP contribution in [0.2, 0.25) is 0 Å². The summed E-state index contributed by atoms with van der Waals surface area (Å²) in [6, 6.07) is 13.9. The van der Waals surface area contributed by atoms with Crippen molar-refractivity contribution in [3.05, 3.63) is 71.5 Å². The van der Waals surface area contributed by atoms with E-state index in [1.54, 1.807) is 32.9 Å². The zero-order valence-corrected chi connectivity index (χ0v) is 17.8. The van der Waals surface area contributed by atoms with Crippen LogP contribution in [0.3, 0.4) is 0 Å². The van der Waals surface area contributed by atoms with Crippen LogP contribution in [-0.2, 0) is 32.1 Å². The molecule has 1 fully saturated rings. The SMILES string of the molecule is CC(C)(C)OC(=O)N1C(=O)[C@@H](Cc2ccc(F)cc2)C[C@@H]1C(=O)OCc1ccccc1. The molecule has 0 aromatic heterocycles. The molecule has 2 aromatic rings. The first-order chi connectivity index (χ1) is 14.6. The summed E-state index contributed by atoms with van der Waals surface area (Å²) in [7, 11) is 0. The Morgan fingerprint density at radius 1 is 1.03 bits per heavy atom. The Kier molecular flexibility index (Phi) is 6.73. The molecule has 0 saturated carbocycles. The molecule has 2 amide bonds. The van der Waals surface area contributed by atoms with Crippen LogP contribution in [0.4, 0.5) is 9.18 Å². The molecular formula is C24H26FNO5. The maximum Gasteiger partial charge on any atom is 0.417 e. The lowest BCUT2D eigenvalue weighted by Gasteiger charge is -2.26. The van der Waals surface area contributed by atoms with Crippen molar-refractivity contribution in [3.63, 3.8) is 0 Å². The Bertz CT molecular complexity index is 937. The molecule has 0 spiro atoms. The number of nitrogens with zero attached hydrogens (tertiary/aromatic N) is 1. The van der Waals surface area contributed by atoms with E-state index in [-0.39, 0.29) is 25.3 Å². The van der Waals surface area contributed by atoms with Gasteiger partial charge in [0.2, 0.25) is 5.91 Å². The number of imide groups is 1. The fraction of sp³-hybridized carbons (Fsp3) is 0.375. The van der Waals surface area contributed by atoms with E-state index in [4.69, 9.17) is 9.47 Å². The number of amides is 2. The molecule has 6 nitrogen and oxygen atoms in total. The molecular weight excluding hydrogens is 401 g/mol. The van der Waals surface area contributed by atoms with E-state index < -0.39 is 35.5 Å². The summed E-state index contributed by atoms with van der Waals surface area (Å²) in [5.41, 5.74) is 0.708. The summed E-state index contributed by atoms with van der Waals surface area (Å²) in [5, 5.41) is 0. The van der Waals surface area contributed by atoms with Gasteiger partial charge in [-0.2, -0.15) is 0 Å². The quantitative estimate of drug-likeness (QED) is 0.667. The minimum absolute atomic E-state index is 0.0369. The van der Waals surface area contributed by atoms with Crippen molar-refractivity contribution in [3.8, 4) is 0 Å². The number of benzene rings is 2. The van der Waals surface area contributed by atoms with Crippen LogP contribution in [0.5, 0.6) is 0 Å². The van der Waals surface area contributed by atoms with E-state index in [0.717, 1.165) is 16.0 Å². The highest BCUT2D eigenvalue weighted by Gasteiger charge is 2.48. The summed E-state index contributed by atoms with van der Waals surface area (Å²) in [4.78, 5) is 39.4. The largest absolute Gasteiger partial charge is 0.459 e. The summed E-state index contributed by atoms with van der Waals surface area (Å²) in [6.07, 6.45) is -0.481. The van der Waals surface area contributed by atoms with Crippen LogP contribution < -0.4 is 0 Å². The molecule has 0 bridgehead atoms. The predicted molar refractivity (Wildman–Crippen MR) is 111 cm³/mol. The highest BCUT2D eigenvalue weighted by Crippen LogP contribution is 2.30. The number of carbonyl (C=O) groups is 3. The Morgan fingerprint density at radius 3 is 2.29 bits per heavy atom. The van der Waals surface area contributed by atoms with E-state index in [2.05, 4.69) is 0 Å². The number of ether oxygens (including phenoxy) is 2. The van der Waals surface area contributed by atoms with E-state index in [1.165, 1.54) is 12.1 Å². The highest BCUT2D eigenvalue weighted by molar-refractivity contribution is 6.00. The molecule has 2 atom stereocenters. The number of halogens is 1. The highest BCUT2D eigenvalue weighted by atomic mass is 19.1. The van der Waals surface area contributed by atoms with Crippen molar-refractivity contribution in [2.45, 2.75) is 51.9 Å². The third kappa shape index (κ3) is 5.90. The van der Waals surface area contributed by atoms with Crippen molar-refractivity contribution in [2.24, 2.45) is 5.92 Å². The third-order valence-corrected chi connectivity index (χ3v) is 4.89. The Labute approximate surface area is 180 Å². The number of hydrogen-bond acceptors (Lipinski definition) is 5. The first-order valence-corrected chi connectivity index (χ1v) is 10.1. The molecule has 1 heterocycles. The second kappa shape index (κ2) is 9.29. The molecule has 2 aromatic carbocycles. The van der Waals surface area contributed by atoms with Crippen molar-refractivity contribution < 1.29 is 28.2 Å². The topological polar surface area (TPSA) is 72.9 Å². The Hall–Kier alpha value is -3.22. The zero-order chi connectivity index (χ0) is 22.6. The Balaban J connectivity index is 1.77. The van der Waals surface area contributed by atoms with E-state index in [0.29, 0.717) is 0 Å². The van der Waals surface area contributed by atoms with Gasteiger partial charge in [0, 0.05) is 5.92 Å². The van der Waals surface area contributed by atoms with Crippen molar-refractivity contribution >= 4 is 18.0 Å². The van der Waals surface area contributed by atoms with Gasteiger partial charge in [-0.05, 0) is 56.9 Å². The average molecular weight is 427 g/mol. The fourth-order valence-electron chi connectivity index (χ4n) is 3.46. The van der Waals surface area contributed by atoms with E-state index in [1.807, 2.05) is 30.3 Å². The van der Waals surface area contributed by atoms with Gasteiger partial charge in [-0.3, -0.25) is 4.79 Å². The molecule has 31 heavy (non-hydrogen) atoms. The van der Waals surface area contributed by atoms with Gasteiger partial charge in [0.05, 0.1) is 0 Å². The van der Waals surface area contributed by atoms with Crippen molar-refractivity contribution in [2.75, 3.05) is 0 Å². The number of likely N-dealkylation sites (tertiary alicyclic amines) is 1. The molecule has 1 aliphatic rings. The molecule has 0 aliphatic carbocycles. The van der Waals surface area contributed by atoms with Gasteiger partial charge in [0.25, 0.3) is 0 Å². The monoisotopic (exact) mass is 427 g/mol. The van der Waals surface area contributed by atoms with Crippen LogP contribution in [-0.4, -0.2) is 34.5 Å². The first kappa shape index (κ1) is 22.5. The Morgan fingerprint density at radius 2 is 1.68 bits per heavy atom. The van der Waals surface area contributed by atoms with Gasteiger partial charge >= 0.3 is 12.1 Å². The molecule has 1 aliphatic heterocycles. The number of hydrogen-bond donors (Lipinski definition) is 0. The average Bonchev–Trinajstić information content (AvgIpc) is 3.04. The third-order valence-electron chi connectivity index (χ3n) is 4.89. The minimum Gasteiger partial charge on any atom is -0.459 e. The smallest absolute Gasteiger partial charge is 0.417 e.